The Hall–Kier alpha value is -0.830. The predicted octanol–water partition coefficient (Wildman–Crippen LogP) is 1.14. The topological polar surface area (TPSA) is 38.0 Å². The van der Waals surface area contributed by atoms with Crippen molar-refractivity contribution in [2.24, 2.45) is 0 Å². The van der Waals surface area contributed by atoms with Crippen molar-refractivity contribution in [3.63, 3.8) is 0 Å². The molecule has 0 aromatic heterocycles. The number of hydrogen-bond acceptors (Lipinski definition) is 3. The Morgan fingerprint density at radius 3 is 2.67 bits per heavy atom. The van der Waals surface area contributed by atoms with Gasteiger partial charge in [-0.25, -0.2) is 0 Å². The second-order valence-corrected chi connectivity index (χ2v) is 1.93. The van der Waals surface area contributed by atoms with Gasteiger partial charge in [-0.15, -0.1) is 0 Å². The first-order valence-electron chi connectivity index (χ1n) is 2.56. The molecule has 0 amide bonds. The van der Waals surface area contributed by atoms with Crippen molar-refractivity contribution < 1.29 is 0 Å². The molecule has 9 heavy (non-hydrogen) atoms. The van der Waals surface area contributed by atoms with Crippen LogP contribution in [0.2, 0.25) is 0 Å². The summed E-state index contributed by atoms with van der Waals surface area (Å²) in [6.07, 6.45) is 0. The number of hydrogen-bond donors (Lipinski definition) is 2. The molecule has 1 aromatic carbocycles. The fourth-order valence-corrected chi connectivity index (χ4v) is 0.729. The Morgan fingerprint density at radius 2 is 2.22 bits per heavy atom. The summed E-state index contributed by atoms with van der Waals surface area (Å²) >= 11 is 4.57. The van der Waals surface area contributed by atoms with Crippen LogP contribution in [0.3, 0.4) is 0 Å². The van der Waals surface area contributed by atoms with Gasteiger partial charge < -0.3 is 23.3 Å². The van der Waals surface area contributed by atoms with Crippen LogP contribution < -0.4 is 10.5 Å². The Balaban J connectivity index is 2.94. The fourth-order valence-electron chi connectivity index (χ4n) is 0.602. The molecular formula is C6H7N2S-. The van der Waals surface area contributed by atoms with E-state index in [9.17, 15) is 0 Å². The molecule has 0 aliphatic heterocycles. The van der Waals surface area contributed by atoms with E-state index in [-0.39, 0.29) is 0 Å². The summed E-state index contributed by atoms with van der Waals surface area (Å²) < 4.78 is 2.57. The molecule has 0 fully saturated rings. The Morgan fingerprint density at radius 1 is 1.44 bits per heavy atom. The predicted molar refractivity (Wildman–Crippen MR) is 41.8 cm³/mol. The Kier molecular flexibility index (Phi) is 1.85. The average molecular weight is 139 g/mol. The second kappa shape index (κ2) is 2.64. The first-order valence-corrected chi connectivity index (χ1v) is 2.97. The molecule has 1 aromatic rings. The minimum absolute atomic E-state index is 0.727. The third-order valence-electron chi connectivity index (χ3n) is 1.00. The van der Waals surface area contributed by atoms with Crippen LogP contribution in [0.4, 0.5) is 11.4 Å². The van der Waals surface area contributed by atoms with E-state index in [1.807, 2.05) is 18.2 Å². The van der Waals surface area contributed by atoms with Crippen molar-refractivity contribution in [3.05, 3.63) is 24.3 Å². The highest BCUT2D eigenvalue weighted by atomic mass is 32.1. The number of anilines is 2. The summed E-state index contributed by atoms with van der Waals surface area (Å²) in [5, 5.41) is 0. The Bertz CT molecular complexity index is 200. The maximum Gasteiger partial charge on any atom is 0.0334 e. The largest absolute Gasteiger partial charge is 0.670 e. The molecule has 0 bridgehead atoms. The highest BCUT2D eigenvalue weighted by Crippen LogP contribution is 2.09. The van der Waals surface area contributed by atoms with Gasteiger partial charge in [0, 0.05) is 11.4 Å². The number of nitrogen functional groups attached to an aromatic ring is 1. The maximum absolute atomic E-state index is 5.45. The zero-order chi connectivity index (χ0) is 6.69. The van der Waals surface area contributed by atoms with Crippen molar-refractivity contribution in [2.45, 2.75) is 0 Å². The van der Waals surface area contributed by atoms with Gasteiger partial charge in [-0.2, -0.15) is 0 Å². The van der Waals surface area contributed by atoms with E-state index < -0.39 is 0 Å². The van der Waals surface area contributed by atoms with Crippen LogP contribution in [0.5, 0.6) is 0 Å². The Labute approximate surface area is 59.6 Å². The zero-order valence-corrected chi connectivity index (χ0v) is 5.61. The van der Waals surface area contributed by atoms with E-state index in [4.69, 9.17) is 5.73 Å². The quantitative estimate of drug-likeness (QED) is 0.452. The van der Waals surface area contributed by atoms with E-state index >= 15 is 0 Å². The first-order chi connectivity index (χ1) is 4.33. The molecule has 0 aliphatic rings. The molecule has 3 N–H and O–H groups in total. The van der Waals surface area contributed by atoms with Crippen LogP contribution in [0, 0.1) is 0 Å². The molecule has 1 rings (SSSR count). The van der Waals surface area contributed by atoms with Crippen molar-refractivity contribution in [1.82, 2.24) is 0 Å². The molecule has 48 valence electrons. The molecule has 0 heterocycles. The summed E-state index contributed by atoms with van der Waals surface area (Å²) in [7, 11) is 0. The number of nitrogens with one attached hydrogen (secondary N) is 1. The van der Waals surface area contributed by atoms with Crippen LogP contribution in [0.25, 0.3) is 0 Å². The van der Waals surface area contributed by atoms with Crippen LogP contribution in [-0.4, -0.2) is 0 Å². The van der Waals surface area contributed by atoms with Gasteiger partial charge in [-0.1, -0.05) is 6.07 Å². The molecule has 0 saturated heterocycles. The summed E-state index contributed by atoms with van der Waals surface area (Å²) in [5.74, 6) is 0. The number of rotatable bonds is 1. The lowest BCUT2D eigenvalue weighted by Gasteiger charge is -2.08. The molecule has 0 aliphatic carbocycles. The summed E-state index contributed by atoms with van der Waals surface area (Å²) in [6.45, 7) is 0. The minimum atomic E-state index is 0.727. The molecular weight excluding hydrogens is 132 g/mol. The van der Waals surface area contributed by atoms with E-state index in [1.54, 1.807) is 6.07 Å². The third-order valence-corrected chi connectivity index (χ3v) is 1.24. The van der Waals surface area contributed by atoms with Gasteiger partial charge >= 0.3 is 0 Å². The monoisotopic (exact) mass is 139 g/mol. The standard InChI is InChI=1S/C6H7N2S/c7-5-2-1-3-6(4-5)8-9/h1-4,8H,7H2/q-1. The number of nitrogens with two attached hydrogens (primary N) is 1. The SMILES string of the molecule is Nc1cccc(N[S-])c1. The molecule has 0 saturated carbocycles. The van der Waals surface area contributed by atoms with Gasteiger partial charge in [0.2, 0.25) is 0 Å². The number of benzene rings is 1. The lowest BCUT2D eigenvalue weighted by molar-refractivity contribution is 1.67. The summed E-state index contributed by atoms with van der Waals surface area (Å²) in [4.78, 5) is 0. The minimum Gasteiger partial charge on any atom is -0.670 e. The highest BCUT2D eigenvalue weighted by molar-refractivity contribution is 7.60. The van der Waals surface area contributed by atoms with Crippen molar-refractivity contribution in [2.75, 3.05) is 10.5 Å². The molecule has 3 heteroatoms. The van der Waals surface area contributed by atoms with Crippen LogP contribution in [0.15, 0.2) is 24.3 Å². The van der Waals surface area contributed by atoms with E-state index in [0.29, 0.717) is 0 Å². The molecule has 0 spiro atoms. The van der Waals surface area contributed by atoms with Gasteiger partial charge in [0.25, 0.3) is 0 Å². The van der Waals surface area contributed by atoms with Gasteiger partial charge in [0.05, 0.1) is 0 Å². The second-order valence-electron chi connectivity index (χ2n) is 1.73. The van der Waals surface area contributed by atoms with Crippen molar-refractivity contribution in [1.29, 1.82) is 0 Å². The molecule has 0 atom stereocenters. The average Bonchev–Trinajstić information content (AvgIpc) is 1.88. The van der Waals surface area contributed by atoms with E-state index in [1.165, 1.54) is 0 Å². The summed E-state index contributed by atoms with van der Waals surface area (Å²) in [6, 6.07) is 7.32. The molecule has 0 radical (unpaired) electrons. The maximum atomic E-state index is 5.45. The zero-order valence-electron chi connectivity index (χ0n) is 4.79. The first kappa shape index (κ1) is 6.29. The van der Waals surface area contributed by atoms with Crippen molar-refractivity contribution in [3.8, 4) is 0 Å². The van der Waals surface area contributed by atoms with E-state index in [0.717, 1.165) is 11.4 Å². The van der Waals surface area contributed by atoms with Gasteiger partial charge in [-0.05, 0) is 18.2 Å². The van der Waals surface area contributed by atoms with Gasteiger partial charge in [0.1, 0.15) is 0 Å². The smallest absolute Gasteiger partial charge is 0.0334 e. The van der Waals surface area contributed by atoms with Crippen LogP contribution in [-0.2, 0) is 12.8 Å². The lowest BCUT2D eigenvalue weighted by Crippen LogP contribution is -1.87. The van der Waals surface area contributed by atoms with E-state index in [2.05, 4.69) is 17.5 Å². The van der Waals surface area contributed by atoms with Crippen molar-refractivity contribution >= 4 is 24.2 Å². The van der Waals surface area contributed by atoms with Crippen LogP contribution >= 0.6 is 0 Å². The molecule has 0 unspecified atom stereocenters. The third kappa shape index (κ3) is 1.54. The summed E-state index contributed by atoms with van der Waals surface area (Å²) in [5.41, 5.74) is 7.04. The van der Waals surface area contributed by atoms with Gasteiger partial charge in [0.15, 0.2) is 0 Å². The highest BCUT2D eigenvalue weighted by Gasteiger charge is 1.82. The van der Waals surface area contributed by atoms with Gasteiger partial charge in [-0.3, -0.25) is 0 Å². The normalized spacial score (nSPS) is 9.00. The van der Waals surface area contributed by atoms with Crippen LogP contribution in [0.1, 0.15) is 0 Å². The fraction of sp³-hybridized carbons (Fsp3) is 0. The lowest BCUT2D eigenvalue weighted by atomic mass is 10.3. The molecule has 2 nitrogen and oxygen atoms in total.